The molecule has 0 N–H and O–H groups in total. The Labute approximate surface area is 158 Å². The third-order valence-corrected chi connectivity index (χ3v) is 7.16. The predicted octanol–water partition coefficient (Wildman–Crippen LogP) is 4.42. The third kappa shape index (κ3) is 2.07. The Morgan fingerprint density at radius 1 is 1.15 bits per heavy atom. The molecule has 1 aromatic heterocycles. The number of nitrogens with zero attached hydrogens (tertiary/aromatic N) is 2. The van der Waals surface area contributed by atoms with Crippen molar-refractivity contribution in [1.29, 1.82) is 0 Å². The molecule has 0 amide bonds. The molecule has 1 saturated heterocycles. The van der Waals surface area contributed by atoms with Crippen molar-refractivity contribution in [3.8, 4) is 5.69 Å². The van der Waals surface area contributed by atoms with Gasteiger partial charge in [-0.3, -0.25) is 0 Å². The van der Waals surface area contributed by atoms with Gasteiger partial charge in [-0.05, 0) is 68.0 Å². The van der Waals surface area contributed by atoms with E-state index in [-0.39, 0.29) is 23.4 Å². The van der Waals surface area contributed by atoms with Crippen LogP contribution in [0.5, 0.6) is 0 Å². The predicted molar refractivity (Wildman–Crippen MR) is 98.9 cm³/mol. The van der Waals surface area contributed by atoms with Crippen molar-refractivity contribution in [1.82, 2.24) is 9.78 Å². The molecule has 0 radical (unpaired) electrons. The minimum Gasteiger partial charge on any atom is -0.343 e. The number of benzene rings is 1. The van der Waals surface area contributed by atoms with E-state index in [1.54, 1.807) is 12.1 Å². The van der Waals surface area contributed by atoms with E-state index >= 15 is 0 Å². The monoisotopic (exact) mass is 366 g/mol. The van der Waals surface area contributed by atoms with Gasteiger partial charge in [0.05, 0.1) is 29.8 Å². The van der Waals surface area contributed by atoms with Gasteiger partial charge < -0.3 is 9.47 Å². The number of ether oxygens (including phenoxy) is 2. The molecule has 27 heavy (non-hydrogen) atoms. The Balaban J connectivity index is 1.40. The number of hydrogen-bond donors (Lipinski definition) is 0. The number of rotatable bonds is 1. The average Bonchev–Trinajstić information content (AvgIpc) is 3.38. The summed E-state index contributed by atoms with van der Waals surface area (Å²) in [6.45, 7) is 2.30. The number of aromatic nitrogens is 2. The van der Waals surface area contributed by atoms with Crippen molar-refractivity contribution in [3.05, 3.63) is 53.1 Å². The summed E-state index contributed by atoms with van der Waals surface area (Å²) in [5.74, 6) is -0.714. The molecule has 140 valence electrons. The first kappa shape index (κ1) is 16.0. The largest absolute Gasteiger partial charge is 0.343 e. The lowest BCUT2D eigenvalue weighted by atomic mass is 9.72. The summed E-state index contributed by atoms with van der Waals surface area (Å²) >= 11 is 0. The van der Waals surface area contributed by atoms with Gasteiger partial charge in [0.25, 0.3) is 0 Å². The molecule has 0 bridgehead atoms. The Morgan fingerprint density at radius 3 is 2.63 bits per heavy atom. The lowest BCUT2D eigenvalue weighted by Gasteiger charge is -2.42. The fourth-order valence-electron chi connectivity index (χ4n) is 5.65. The van der Waals surface area contributed by atoms with Crippen molar-refractivity contribution in [2.45, 2.75) is 63.4 Å². The molecule has 1 spiro atoms. The molecular formula is C22H23FN2O2. The van der Waals surface area contributed by atoms with E-state index in [1.807, 2.05) is 10.9 Å². The van der Waals surface area contributed by atoms with Gasteiger partial charge in [-0.25, -0.2) is 9.07 Å². The highest BCUT2D eigenvalue weighted by Crippen LogP contribution is 2.61. The van der Waals surface area contributed by atoms with Gasteiger partial charge in [0.2, 0.25) is 0 Å². The smallest absolute Gasteiger partial charge is 0.178 e. The van der Waals surface area contributed by atoms with Crippen LogP contribution >= 0.6 is 0 Å². The van der Waals surface area contributed by atoms with Crippen LogP contribution in [0.2, 0.25) is 0 Å². The molecule has 4 aliphatic rings. The zero-order valence-electron chi connectivity index (χ0n) is 15.5. The maximum absolute atomic E-state index is 13.3. The number of halogens is 1. The summed E-state index contributed by atoms with van der Waals surface area (Å²) in [5, 5.41) is 4.60. The van der Waals surface area contributed by atoms with Crippen LogP contribution in [-0.2, 0) is 15.9 Å². The average molecular weight is 366 g/mol. The Hall–Kier alpha value is -1.98. The van der Waals surface area contributed by atoms with Gasteiger partial charge in [0.1, 0.15) is 5.82 Å². The molecule has 4 nitrogen and oxygen atoms in total. The summed E-state index contributed by atoms with van der Waals surface area (Å²) in [6, 6.07) is 6.50. The van der Waals surface area contributed by atoms with E-state index in [9.17, 15) is 4.39 Å². The van der Waals surface area contributed by atoms with Crippen LogP contribution in [0, 0.1) is 11.2 Å². The van der Waals surface area contributed by atoms with Gasteiger partial charge in [0.15, 0.2) is 5.79 Å². The highest BCUT2D eigenvalue weighted by Gasteiger charge is 2.64. The molecule has 3 aliphatic carbocycles. The van der Waals surface area contributed by atoms with Gasteiger partial charge in [-0.1, -0.05) is 12.5 Å². The van der Waals surface area contributed by atoms with Crippen molar-refractivity contribution in [3.63, 3.8) is 0 Å². The van der Waals surface area contributed by atoms with Crippen LogP contribution < -0.4 is 0 Å². The summed E-state index contributed by atoms with van der Waals surface area (Å²) in [6.07, 6.45) is 11.0. The molecule has 3 fully saturated rings. The van der Waals surface area contributed by atoms with Crippen molar-refractivity contribution in [2.75, 3.05) is 0 Å². The molecule has 2 aromatic rings. The van der Waals surface area contributed by atoms with E-state index in [0.717, 1.165) is 43.5 Å². The second-order valence-electron chi connectivity index (χ2n) is 8.62. The van der Waals surface area contributed by atoms with Gasteiger partial charge in [-0.15, -0.1) is 0 Å². The fraction of sp³-hybridized carbons (Fsp3) is 0.500. The maximum atomic E-state index is 13.3. The maximum Gasteiger partial charge on any atom is 0.178 e. The Morgan fingerprint density at radius 2 is 1.89 bits per heavy atom. The second kappa shape index (κ2) is 5.30. The first-order chi connectivity index (χ1) is 13.1. The first-order valence-electron chi connectivity index (χ1n) is 9.98. The quantitative estimate of drug-likeness (QED) is 0.750. The number of fused-ring (bicyclic) bond motifs is 4. The van der Waals surface area contributed by atoms with Crippen molar-refractivity contribution < 1.29 is 13.9 Å². The normalized spacial score (nSPS) is 36.6. The summed E-state index contributed by atoms with van der Waals surface area (Å²) in [5.41, 5.74) is 4.44. The van der Waals surface area contributed by atoms with Crippen molar-refractivity contribution >= 4 is 6.08 Å². The third-order valence-electron chi connectivity index (χ3n) is 7.16. The van der Waals surface area contributed by atoms with Crippen LogP contribution in [0.3, 0.4) is 0 Å². The molecule has 1 aromatic carbocycles. The molecular weight excluding hydrogens is 343 g/mol. The minimum atomic E-state index is -0.482. The van der Waals surface area contributed by atoms with E-state index in [0.29, 0.717) is 0 Å². The van der Waals surface area contributed by atoms with Gasteiger partial charge in [0, 0.05) is 11.8 Å². The lowest BCUT2D eigenvalue weighted by molar-refractivity contribution is -0.227. The molecule has 3 atom stereocenters. The van der Waals surface area contributed by atoms with Crippen LogP contribution in [0.25, 0.3) is 11.8 Å². The highest BCUT2D eigenvalue weighted by atomic mass is 19.1. The molecule has 5 heteroatoms. The van der Waals surface area contributed by atoms with Gasteiger partial charge >= 0.3 is 0 Å². The van der Waals surface area contributed by atoms with Gasteiger partial charge in [-0.2, -0.15) is 5.10 Å². The van der Waals surface area contributed by atoms with E-state index < -0.39 is 5.79 Å². The second-order valence-corrected chi connectivity index (χ2v) is 8.62. The summed E-state index contributed by atoms with van der Waals surface area (Å²) < 4.78 is 28.4. The molecule has 2 unspecified atom stereocenters. The number of hydrogen-bond acceptors (Lipinski definition) is 3. The van der Waals surface area contributed by atoms with Crippen LogP contribution in [0.15, 0.2) is 36.0 Å². The summed E-state index contributed by atoms with van der Waals surface area (Å²) in [4.78, 5) is 0. The Bertz CT molecular complexity index is 936. The van der Waals surface area contributed by atoms with Crippen LogP contribution in [0.1, 0.15) is 50.3 Å². The summed E-state index contributed by atoms with van der Waals surface area (Å²) in [7, 11) is 0. The van der Waals surface area contributed by atoms with E-state index in [4.69, 9.17) is 9.47 Å². The van der Waals surface area contributed by atoms with Crippen molar-refractivity contribution in [2.24, 2.45) is 5.41 Å². The SMILES string of the molecule is C[C@]12Cc3cnn(-c4ccc(F)cc4)c3C=C1CCC21OC2CCCC2O1. The first-order valence-corrected chi connectivity index (χ1v) is 9.98. The van der Waals surface area contributed by atoms with E-state index in [1.165, 1.54) is 29.7 Å². The highest BCUT2D eigenvalue weighted by molar-refractivity contribution is 5.62. The van der Waals surface area contributed by atoms with E-state index in [2.05, 4.69) is 18.1 Å². The zero-order valence-corrected chi connectivity index (χ0v) is 15.5. The minimum absolute atomic E-state index is 0.138. The Kier molecular flexibility index (Phi) is 3.14. The molecule has 2 heterocycles. The van der Waals surface area contributed by atoms with Crippen LogP contribution in [0.4, 0.5) is 4.39 Å². The molecule has 1 aliphatic heterocycles. The lowest BCUT2D eigenvalue weighted by Crippen LogP contribution is -2.47. The van der Waals surface area contributed by atoms with Crippen LogP contribution in [-0.4, -0.2) is 27.8 Å². The zero-order chi connectivity index (χ0) is 18.2. The standard InChI is InChI=1S/C22H23FN2O2/c1-21-12-14-13-24-25(17-7-5-16(23)6-8-17)18(14)11-15(21)9-10-22(21)26-19-3-2-4-20(19)27-22/h5-8,11,13,19-20H,2-4,9-10,12H2,1H3/t19?,20?,21-,22?/m0/s1. The topological polar surface area (TPSA) is 36.3 Å². The molecule has 6 rings (SSSR count). The fourth-order valence-corrected chi connectivity index (χ4v) is 5.65. The molecule has 2 saturated carbocycles.